The van der Waals surface area contributed by atoms with Gasteiger partial charge in [-0.05, 0) is 42.0 Å². The van der Waals surface area contributed by atoms with Crippen LogP contribution in [0, 0.1) is 0 Å². The Labute approximate surface area is 168 Å². The molecule has 1 aliphatic heterocycles. The zero-order chi connectivity index (χ0) is 19.6. The molecule has 0 radical (unpaired) electrons. The van der Waals surface area contributed by atoms with Crippen molar-refractivity contribution in [3.63, 3.8) is 0 Å². The van der Waals surface area contributed by atoms with E-state index in [2.05, 4.69) is 4.72 Å². The summed E-state index contributed by atoms with van der Waals surface area (Å²) in [6.07, 6.45) is 0. The summed E-state index contributed by atoms with van der Waals surface area (Å²) >= 11 is 1.56. The Morgan fingerprint density at radius 3 is 2.11 bits per heavy atom. The number of carbonyl (C=O) groups excluding carboxylic acids is 1. The maximum atomic E-state index is 12.5. The van der Waals surface area contributed by atoms with Gasteiger partial charge in [0.2, 0.25) is 5.91 Å². The molecule has 7 heteroatoms. The zero-order valence-electron chi connectivity index (χ0n) is 14.9. The molecular formula is C21H18N2O3S2. The second kappa shape index (κ2) is 7.69. The van der Waals surface area contributed by atoms with Crippen LogP contribution in [-0.4, -0.2) is 20.1 Å². The number of nitrogens with zero attached hydrogens (tertiary/aromatic N) is 1. The Bertz CT molecular complexity index is 1070. The van der Waals surface area contributed by atoms with E-state index in [1.807, 2.05) is 42.5 Å². The molecule has 1 atom stereocenters. The lowest BCUT2D eigenvalue weighted by Gasteiger charge is -2.24. The van der Waals surface area contributed by atoms with Crippen LogP contribution in [0.2, 0.25) is 0 Å². The van der Waals surface area contributed by atoms with E-state index in [1.165, 1.54) is 0 Å². The average Bonchev–Trinajstić information content (AvgIpc) is 3.11. The monoisotopic (exact) mass is 410 g/mol. The second-order valence-corrected chi connectivity index (χ2v) is 9.05. The number of anilines is 2. The predicted molar refractivity (Wildman–Crippen MR) is 113 cm³/mol. The Hall–Kier alpha value is -2.77. The van der Waals surface area contributed by atoms with E-state index in [9.17, 15) is 13.2 Å². The van der Waals surface area contributed by atoms with Crippen LogP contribution >= 0.6 is 11.8 Å². The Morgan fingerprint density at radius 1 is 0.857 bits per heavy atom. The molecule has 1 fully saturated rings. The van der Waals surface area contributed by atoms with Gasteiger partial charge in [0.05, 0.1) is 10.6 Å². The Balaban J connectivity index is 1.56. The SMILES string of the molecule is O=C1CS[C@H](c2ccc(NS(=O)(=O)c3ccccc3)cc2)N1c1ccccc1. The van der Waals surface area contributed by atoms with Crippen LogP contribution in [0.25, 0.3) is 0 Å². The third-order valence-corrected chi connectivity index (χ3v) is 7.01. The van der Waals surface area contributed by atoms with Gasteiger partial charge in [0, 0.05) is 11.4 Å². The number of hydrogen-bond donors (Lipinski definition) is 1. The van der Waals surface area contributed by atoms with Gasteiger partial charge in [-0.3, -0.25) is 14.4 Å². The molecule has 5 nitrogen and oxygen atoms in total. The fraction of sp³-hybridized carbons (Fsp3) is 0.0952. The van der Waals surface area contributed by atoms with E-state index in [0.29, 0.717) is 11.4 Å². The molecular weight excluding hydrogens is 392 g/mol. The zero-order valence-corrected chi connectivity index (χ0v) is 16.5. The van der Waals surface area contributed by atoms with Crippen molar-refractivity contribution in [1.82, 2.24) is 0 Å². The van der Waals surface area contributed by atoms with Gasteiger partial charge in [0.25, 0.3) is 10.0 Å². The molecule has 1 aliphatic rings. The van der Waals surface area contributed by atoms with Crippen LogP contribution in [0.1, 0.15) is 10.9 Å². The highest BCUT2D eigenvalue weighted by Gasteiger charge is 2.33. The highest BCUT2D eigenvalue weighted by molar-refractivity contribution is 8.00. The van der Waals surface area contributed by atoms with Crippen molar-refractivity contribution in [2.75, 3.05) is 15.4 Å². The molecule has 0 bridgehead atoms. The molecule has 0 saturated carbocycles. The molecule has 1 amide bonds. The Morgan fingerprint density at radius 2 is 1.46 bits per heavy atom. The Kier molecular flexibility index (Phi) is 5.11. The minimum Gasteiger partial charge on any atom is -0.295 e. The highest BCUT2D eigenvalue weighted by atomic mass is 32.2. The molecule has 1 N–H and O–H groups in total. The standard InChI is InChI=1S/C21H18N2O3S2/c24-20-15-27-21(23(20)18-7-3-1-4-8-18)16-11-13-17(14-12-16)22-28(25,26)19-9-5-2-6-10-19/h1-14,21-22H,15H2/t21-/m1/s1. The van der Waals surface area contributed by atoms with Gasteiger partial charge in [-0.1, -0.05) is 48.5 Å². The molecule has 0 unspecified atom stereocenters. The van der Waals surface area contributed by atoms with Gasteiger partial charge < -0.3 is 0 Å². The highest BCUT2D eigenvalue weighted by Crippen LogP contribution is 2.41. The topological polar surface area (TPSA) is 66.5 Å². The summed E-state index contributed by atoms with van der Waals surface area (Å²) in [7, 11) is -3.63. The normalized spacial score (nSPS) is 16.9. The van der Waals surface area contributed by atoms with Gasteiger partial charge in [-0.25, -0.2) is 8.42 Å². The lowest BCUT2D eigenvalue weighted by molar-refractivity contribution is -0.115. The van der Waals surface area contributed by atoms with Gasteiger partial charge in [-0.15, -0.1) is 11.8 Å². The van der Waals surface area contributed by atoms with Crippen LogP contribution < -0.4 is 9.62 Å². The van der Waals surface area contributed by atoms with E-state index >= 15 is 0 Å². The number of amides is 1. The molecule has 1 heterocycles. The summed E-state index contributed by atoms with van der Waals surface area (Å²) in [5.74, 6) is 0.483. The largest absolute Gasteiger partial charge is 0.295 e. The van der Waals surface area contributed by atoms with Crippen molar-refractivity contribution in [1.29, 1.82) is 0 Å². The number of para-hydroxylation sites is 1. The van der Waals surface area contributed by atoms with Gasteiger partial charge in [0.1, 0.15) is 5.37 Å². The van der Waals surface area contributed by atoms with E-state index in [-0.39, 0.29) is 16.2 Å². The first-order chi connectivity index (χ1) is 13.5. The lowest BCUT2D eigenvalue weighted by atomic mass is 10.1. The number of benzene rings is 3. The summed E-state index contributed by atoms with van der Waals surface area (Å²) in [5, 5.41) is -0.130. The van der Waals surface area contributed by atoms with Gasteiger partial charge in [-0.2, -0.15) is 0 Å². The van der Waals surface area contributed by atoms with E-state index in [4.69, 9.17) is 0 Å². The molecule has 0 aromatic heterocycles. The van der Waals surface area contributed by atoms with E-state index < -0.39 is 10.0 Å². The minimum atomic E-state index is -3.63. The molecule has 0 spiro atoms. The van der Waals surface area contributed by atoms with Crippen LogP contribution in [-0.2, 0) is 14.8 Å². The van der Waals surface area contributed by atoms with Crippen molar-refractivity contribution in [3.05, 3.63) is 90.5 Å². The van der Waals surface area contributed by atoms with Crippen molar-refractivity contribution >= 4 is 39.1 Å². The van der Waals surface area contributed by atoms with Crippen LogP contribution in [0.15, 0.2) is 89.8 Å². The molecule has 4 rings (SSSR count). The number of thioether (sulfide) groups is 1. The number of rotatable bonds is 5. The fourth-order valence-electron chi connectivity index (χ4n) is 3.07. The second-order valence-electron chi connectivity index (χ2n) is 6.30. The maximum Gasteiger partial charge on any atom is 0.261 e. The molecule has 142 valence electrons. The predicted octanol–water partition coefficient (Wildman–Crippen LogP) is 4.27. The summed E-state index contributed by atoms with van der Waals surface area (Å²) in [4.78, 5) is 14.4. The van der Waals surface area contributed by atoms with Gasteiger partial charge in [0.15, 0.2) is 0 Å². The first kappa shape index (κ1) is 18.6. The summed E-state index contributed by atoms with van der Waals surface area (Å²) < 4.78 is 27.5. The first-order valence-electron chi connectivity index (χ1n) is 8.71. The third kappa shape index (κ3) is 3.76. The van der Waals surface area contributed by atoms with Crippen LogP contribution in [0.5, 0.6) is 0 Å². The van der Waals surface area contributed by atoms with Crippen molar-refractivity contribution in [2.45, 2.75) is 10.3 Å². The number of sulfonamides is 1. The molecule has 28 heavy (non-hydrogen) atoms. The summed E-state index contributed by atoms with van der Waals surface area (Å²) in [6, 6.07) is 25.0. The number of nitrogens with one attached hydrogen (secondary N) is 1. The minimum absolute atomic E-state index is 0.0649. The number of hydrogen-bond acceptors (Lipinski definition) is 4. The molecule has 0 aliphatic carbocycles. The summed E-state index contributed by atoms with van der Waals surface area (Å²) in [5.41, 5.74) is 2.28. The van der Waals surface area contributed by atoms with E-state index in [0.717, 1.165) is 11.3 Å². The maximum absolute atomic E-state index is 12.5. The quantitative estimate of drug-likeness (QED) is 0.682. The average molecular weight is 411 g/mol. The smallest absolute Gasteiger partial charge is 0.261 e. The van der Waals surface area contributed by atoms with Crippen LogP contribution in [0.3, 0.4) is 0 Å². The molecule has 3 aromatic carbocycles. The van der Waals surface area contributed by atoms with Gasteiger partial charge >= 0.3 is 0 Å². The molecule has 3 aromatic rings. The van der Waals surface area contributed by atoms with Crippen molar-refractivity contribution in [2.24, 2.45) is 0 Å². The van der Waals surface area contributed by atoms with Crippen LogP contribution in [0.4, 0.5) is 11.4 Å². The number of carbonyl (C=O) groups is 1. The first-order valence-corrected chi connectivity index (χ1v) is 11.2. The van der Waals surface area contributed by atoms with Crippen molar-refractivity contribution in [3.8, 4) is 0 Å². The third-order valence-electron chi connectivity index (χ3n) is 4.40. The summed E-state index contributed by atoms with van der Waals surface area (Å²) in [6.45, 7) is 0. The lowest BCUT2D eigenvalue weighted by Crippen LogP contribution is -2.27. The van der Waals surface area contributed by atoms with Crippen molar-refractivity contribution < 1.29 is 13.2 Å². The fourth-order valence-corrected chi connectivity index (χ4v) is 5.33. The molecule has 1 saturated heterocycles. The van der Waals surface area contributed by atoms with E-state index in [1.54, 1.807) is 59.1 Å².